The summed E-state index contributed by atoms with van der Waals surface area (Å²) >= 11 is 0. The van der Waals surface area contributed by atoms with Gasteiger partial charge in [0.25, 0.3) is 0 Å². The average molecular weight is 774 g/mol. The number of benzene rings is 1. The molecule has 1 aromatic carbocycles. The van der Waals surface area contributed by atoms with Gasteiger partial charge in [-0.2, -0.15) is 0 Å². The molecule has 6 amide bonds. The number of ether oxygens (including phenoxy) is 1. The fraction of sp³-hybridized carbons (Fsp3) is 0.667. The van der Waals surface area contributed by atoms with Gasteiger partial charge in [-0.15, -0.1) is 0 Å². The van der Waals surface area contributed by atoms with Crippen molar-refractivity contribution in [3.05, 3.63) is 35.9 Å². The molecule has 16 nitrogen and oxygen atoms in total. The fourth-order valence-corrected chi connectivity index (χ4v) is 6.59. The highest BCUT2D eigenvalue weighted by Crippen LogP contribution is 2.21. The van der Waals surface area contributed by atoms with E-state index in [1.165, 1.54) is 14.0 Å². The number of carbonyl (C=O) groups is 7. The second kappa shape index (κ2) is 22.7. The van der Waals surface area contributed by atoms with Crippen molar-refractivity contribution in [3.8, 4) is 0 Å². The molecule has 8 N–H and O–H groups in total. The number of nitrogens with two attached hydrogens (primary N) is 1. The predicted octanol–water partition coefficient (Wildman–Crippen LogP) is 0.295. The van der Waals surface area contributed by atoms with Crippen molar-refractivity contribution in [3.63, 3.8) is 0 Å². The Kier molecular flexibility index (Phi) is 19.2. The molecule has 1 unspecified atom stereocenters. The molecule has 0 saturated carbocycles. The molecule has 8 atom stereocenters. The minimum Gasteiger partial charge on any atom is -0.467 e. The first-order valence-electron chi connectivity index (χ1n) is 19.2. The van der Waals surface area contributed by atoms with Crippen LogP contribution in [0.15, 0.2) is 30.3 Å². The topological polar surface area (TPSA) is 238 Å². The van der Waals surface area contributed by atoms with E-state index in [-0.39, 0.29) is 37.1 Å². The van der Waals surface area contributed by atoms with E-state index in [1.54, 1.807) is 18.7 Å². The van der Waals surface area contributed by atoms with Crippen LogP contribution in [0.5, 0.6) is 0 Å². The van der Waals surface area contributed by atoms with Crippen molar-refractivity contribution in [1.82, 2.24) is 31.5 Å². The van der Waals surface area contributed by atoms with Gasteiger partial charge < -0.3 is 42.2 Å². The summed E-state index contributed by atoms with van der Waals surface area (Å²) in [5.74, 6) is -4.71. The van der Waals surface area contributed by atoms with E-state index >= 15 is 0 Å². The molecular formula is C39H63N7O9. The number of esters is 1. The molecule has 2 rings (SSSR count). The van der Waals surface area contributed by atoms with Crippen LogP contribution < -0.4 is 32.3 Å². The quantitative estimate of drug-likeness (QED) is 0.0796. The SMILES string of the molecule is CC[C@H](C)[C@H](NC(=O)[C@@H]1CCCN1CC(O)[C@H](Cc1ccccc1)NC(=O)[C@H](CC(N)=O)NC(=O)[C@H](CC(C)C)NC(C)=O)C(=O)N[C@H](C(=O)OC)C(C)C. The Morgan fingerprint density at radius 2 is 1.51 bits per heavy atom. The number of carbonyl (C=O) groups excluding carboxylic acids is 7. The molecule has 1 heterocycles. The lowest BCUT2D eigenvalue weighted by Gasteiger charge is -2.33. The van der Waals surface area contributed by atoms with Crippen LogP contribution in [0.3, 0.4) is 0 Å². The lowest BCUT2D eigenvalue weighted by Crippen LogP contribution is -2.59. The highest BCUT2D eigenvalue weighted by Gasteiger charge is 2.38. The molecule has 1 fully saturated rings. The Morgan fingerprint density at radius 3 is 2.05 bits per heavy atom. The number of aliphatic hydroxyl groups is 1. The first-order chi connectivity index (χ1) is 25.9. The minimum atomic E-state index is -1.40. The van der Waals surface area contributed by atoms with Crippen LogP contribution in [0.2, 0.25) is 0 Å². The van der Waals surface area contributed by atoms with Crippen LogP contribution in [-0.4, -0.2) is 114 Å². The zero-order valence-corrected chi connectivity index (χ0v) is 33.6. The molecule has 0 aliphatic carbocycles. The lowest BCUT2D eigenvalue weighted by molar-refractivity contribution is -0.147. The van der Waals surface area contributed by atoms with E-state index < -0.39 is 90.2 Å². The van der Waals surface area contributed by atoms with Crippen LogP contribution in [0.1, 0.15) is 86.1 Å². The van der Waals surface area contributed by atoms with E-state index in [0.717, 1.165) is 5.56 Å². The summed E-state index contributed by atoms with van der Waals surface area (Å²) in [5, 5.41) is 25.3. The number of amides is 6. The first kappa shape index (κ1) is 46.6. The number of primary amides is 1. The Bertz CT molecular complexity index is 1460. The van der Waals surface area contributed by atoms with Crippen molar-refractivity contribution >= 4 is 41.4 Å². The van der Waals surface area contributed by atoms with Gasteiger partial charge in [0.1, 0.15) is 24.2 Å². The van der Waals surface area contributed by atoms with Crippen LogP contribution in [0.4, 0.5) is 0 Å². The predicted molar refractivity (Wildman–Crippen MR) is 206 cm³/mol. The maximum atomic E-state index is 13.8. The smallest absolute Gasteiger partial charge is 0.328 e. The fourth-order valence-electron chi connectivity index (χ4n) is 6.59. The van der Waals surface area contributed by atoms with Gasteiger partial charge in [-0.05, 0) is 55.5 Å². The van der Waals surface area contributed by atoms with Gasteiger partial charge in [-0.3, -0.25) is 33.7 Å². The normalized spacial score (nSPS) is 18.2. The molecule has 0 radical (unpaired) electrons. The Balaban J connectivity index is 2.30. The summed E-state index contributed by atoms with van der Waals surface area (Å²) in [7, 11) is 1.24. The van der Waals surface area contributed by atoms with Crippen molar-refractivity contribution in [2.45, 2.75) is 129 Å². The number of hydrogen-bond acceptors (Lipinski definition) is 10. The highest BCUT2D eigenvalue weighted by atomic mass is 16.5. The minimum absolute atomic E-state index is 0.0230. The number of aliphatic hydroxyl groups excluding tert-OH is 1. The summed E-state index contributed by atoms with van der Waals surface area (Å²) in [5.41, 5.74) is 6.26. The summed E-state index contributed by atoms with van der Waals surface area (Å²) in [6.45, 7) is 12.7. The molecule has 1 saturated heterocycles. The standard InChI is InChI=1S/C39H63N7O9/c1-9-24(6)34(38(53)44-33(23(4)5)39(54)55-8)45-37(52)30-16-13-17-46(30)21-31(48)27(19-26-14-11-10-12-15-26)42-36(51)29(20-32(40)49)43-35(50)28(18-22(2)3)41-25(7)47/h10-12,14-15,22-24,27-31,33-34,48H,9,13,16-21H2,1-8H3,(H2,40,49)(H,41,47)(H,42,51)(H,43,50)(H,44,53)(H,45,52)/t24-,27-,28-,29-,30-,31?,33-,34-/m0/s1. The van der Waals surface area contributed by atoms with Gasteiger partial charge in [-0.25, -0.2) is 4.79 Å². The van der Waals surface area contributed by atoms with Gasteiger partial charge >= 0.3 is 5.97 Å². The monoisotopic (exact) mass is 773 g/mol. The van der Waals surface area contributed by atoms with Gasteiger partial charge in [0.15, 0.2) is 0 Å². The first-order valence-corrected chi connectivity index (χ1v) is 19.2. The number of likely N-dealkylation sites (tertiary alicyclic amines) is 1. The molecule has 1 aliphatic heterocycles. The lowest BCUT2D eigenvalue weighted by atomic mass is 9.96. The third-order valence-corrected chi connectivity index (χ3v) is 9.83. The van der Waals surface area contributed by atoms with Crippen LogP contribution >= 0.6 is 0 Å². The number of β-amino-alcohol motifs (C(OH)–C–C–N with tert-alkyl or cyclic N) is 1. The largest absolute Gasteiger partial charge is 0.467 e. The highest BCUT2D eigenvalue weighted by molar-refractivity contribution is 5.94. The molecule has 0 spiro atoms. The Hall–Kier alpha value is -4.57. The third-order valence-electron chi connectivity index (χ3n) is 9.83. The van der Waals surface area contributed by atoms with Crippen LogP contribution in [-0.2, 0) is 44.7 Å². The van der Waals surface area contributed by atoms with Crippen molar-refractivity contribution in [1.29, 1.82) is 0 Å². The number of hydrogen-bond donors (Lipinski definition) is 7. The number of nitrogens with one attached hydrogen (secondary N) is 5. The number of rotatable bonds is 22. The second-order valence-electron chi connectivity index (χ2n) is 15.3. The van der Waals surface area contributed by atoms with E-state index in [2.05, 4.69) is 26.6 Å². The molecule has 55 heavy (non-hydrogen) atoms. The van der Waals surface area contributed by atoms with E-state index in [1.807, 2.05) is 58.0 Å². The molecule has 16 heteroatoms. The van der Waals surface area contributed by atoms with Crippen molar-refractivity contribution < 1.29 is 43.4 Å². The van der Waals surface area contributed by atoms with Gasteiger partial charge in [0.05, 0.1) is 31.7 Å². The Labute approximate surface area is 324 Å². The van der Waals surface area contributed by atoms with Crippen molar-refractivity contribution in [2.75, 3.05) is 20.2 Å². The number of nitrogens with zero attached hydrogens (tertiary/aromatic N) is 1. The molecule has 1 aliphatic rings. The zero-order chi connectivity index (χ0) is 41.4. The van der Waals surface area contributed by atoms with Gasteiger partial charge in [0, 0.05) is 13.5 Å². The van der Waals surface area contributed by atoms with E-state index in [9.17, 15) is 38.7 Å². The van der Waals surface area contributed by atoms with Crippen LogP contribution in [0.25, 0.3) is 0 Å². The molecular weight excluding hydrogens is 710 g/mol. The van der Waals surface area contributed by atoms with Crippen molar-refractivity contribution in [2.24, 2.45) is 23.5 Å². The number of methoxy groups -OCH3 is 1. The Morgan fingerprint density at radius 1 is 0.873 bits per heavy atom. The molecule has 0 aromatic heterocycles. The maximum Gasteiger partial charge on any atom is 0.328 e. The molecule has 0 bridgehead atoms. The summed E-state index contributed by atoms with van der Waals surface area (Å²) in [6, 6.07) is 3.28. The van der Waals surface area contributed by atoms with Crippen LogP contribution in [0, 0.1) is 17.8 Å². The third kappa shape index (κ3) is 15.2. The summed E-state index contributed by atoms with van der Waals surface area (Å²) in [6.07, 6.45) is 0.360. The molecule has 308 valence electrons. The molecule has 1 aromatic rings. The maximum absolute atomic E-state index is 13.8. The van der Waals surface area contributed by atoms with E-state index in [4.69, 9.17) is 10.5 Å². The zero-order valence-electron chi connectivity index (χ0n) is 33.6. The van der Waals surface area contributed by atoms with Gasteiger partial charge in [0.2, 0.25) is 35.4 Å². The summed E-state index contributed by atoms with van der Waals surface area (Å²) in [4.78, 5) is 92.4. The van der Waals surface area contributed by atoms with E-state index in [0.29, 0.717) is 25.8 Å². The van der Waals surface area contributed by atoms with Gasteiger partial charge in [-0.1, -0.05) is 78.3 Å². The second-order valence-corrected chi connectivity index (χ2v) is 15.3. The summed E-state index contributed by atoms with van der Waals surface area (Å²) < 4.78 is 4.87. The average Bonchev–Trinajstić information content (AvgIpc) is 3.58.